The molecule has 0 saturated carbocycles. The van der Waals surface area contributed by atoms with Gasteiger partial charge in [0.05, 0.1) is 11.8 Å². The highest BCUT2D eigenvalue weighted by Gasteiger charge is 2.10. The van der Waals surface area contributed by atoms with Gasteiger partial charge in [0.15, 0.2) is 0 Å². The summed E-state index contributed by atoms with van der Waals surface area (Å²) in [4.78, 5) is 11.9. The van der Waals surface area contributed by atoms with Gasteiger partial charge in [0.1, 0.15) is 5.75 Å². The predicted molar refractivity (Wildman–Crippen MR) is 76.8 cm³/mol. The Morgan fingerprint density at radius 2 is 2.20 bits per heavy atom. The lowest BCUT2D eigenvalue weighted by Crippen LogP contribution is -2.24. The fourth-order valence-electron chi connectivity index (χ4n) is 2.04. The SMILES string of the molecule is Cc1ccc(C(=O)NCCCc2cn[nH]c2C)c(O)c1. The number of hydrogen-bond donors (Lipinski definition) is 3. The Bertz CT molecular complexity index is 605. The lowest BCUT2D eigenvalue weighted by Gasteiger charge is -2.07. The van der Waals surface area contributed by atoms with E-state index in [1.54, 1.807) is 12.1 Å². The van der Waals surface area contributed by atoms with Gasteiger partial charge in [-0.3, -0.25) is 9.89 Å². The summed E-state index contributed by atoms with van der Waals surface area (Å²) in [6, 6.07) is 5.04. The Balaban J connectivity index is 1.82. The van der Waals surface area contributed by atoms with E-state index in [2.05, 4.69) is 15.5 Å². The quantitative estimate of drug-likeness (QED) is 0.730. The van der Waals surface area contributed by atoms with Gasteiger partial charge in [-0.1, -0.05) is 6.07 Å². The molecule has 5 heteroatoms. The summed E-state index contributed by atoms with van der Waals surface area (Å²) in [5.74, 6) is -0.223. The van der Waals surface area contributed by atoms with Crippen molar-refractivity contribution in [3.05, 3.63) is 46.8 Å². The van der Waals surface area contributed by atoms with Gasteiger partial charge in [0.25, 0.3) is 5.91 Å². The molecule has 1 aromatic heterocycles. The third kappa shape index (κ3) is 3.38. The van der Waals surface area contributed by atoms with Crippen LogP contribution in [0.4, 0.5) is 0 Å². The molecule has 0 spiro atoms. The Morgan fingerprint density at radius 3 is 2.85 bits per heavy atom. The minimum absolute atomic E-state index is 0.0215. The molecule has 0 unspecified atom stereocenters. The molecular formula is C15H19N3O2. The monoisotopic (exact) mass is 273 g/mol. The number of aryl methyl sites for hydroxylation is 3. The van der Waals surface area contributed by atoms with E-state index in [9.17, 15) is 9.90 Å². The van der Waals surface area contributed by atoms with Crippen LogP contribution in [-0.2, 0) is 6.42 Å². The molecule has 106 valence electrons. The van der Waals surface area contributed by atoms with Crippen molar-refractivity contribution in [2.75, 3.05) is 6.54 Å². The number of nitrogens with zero attached hydrogens (tertiary/aromatic N) is 1. The van der Waals surface area contributed by atoms with Crippen LogP contribution in [0.5, 0.6) is 5.75 Å². The van der Waals surface area contributed by atoms with E-state index in [-0.39, 0.29) is 11.7 Å². The summed E-state index contributed by atoms with van der Waals surface area (Å²) in [6.07, 6.45) is 3.50. The second-order valence-corrected chi connectivity index (χ2v) is 4.90. The van der Waals surface area contributed by atoms with Crippen LogP contribution in [0.1, 0.15) is 33.6 Å². The molecule has 0 saturated heterocycles. The minimum atomic E-state index is -0.244. The van der Waals surface area contributed by atoms with E-state index in [4.69, 9.17) is 0 Å². The van der Waals surface area contributed by atoms with Gasteiger partial charge in [0, 0.05) is 12.2 Å². The van der Waals surface area contributed by atoms with Crippen LogP contribution >= 0.6 is 0 Å². The minimum Gasteiger partial charge on any atom is -0.507 e. The summed E-state index contributed by atoms with van der Waals surface area (Å²) < 4.78 is 0. The zero-order chi connectivity index (χ0) is 14.5. The second kappa shape index (κ2) is 6.23. The summed E-state index contributed by atoms with van der Waals surface area (Å²) in [5.41, 5.74) is 3.47. The number of H-pyrrole nitrogens is 1. The van der Waals surface area contributed by atoms with Gasteiger partial charge in [0.2, 0.25) is 0 Å². The maximum atomic E-state index is 11.9. The van der Waals surface area contributed by atoms with Crippen molar-refractivity contribution in [3.8, 4) is 5.75 Å². The molecule has 5 nitrogen and oxygen atoms in total. The Kier molecular flexibility index (Phi) is 4.40. The molecule has 0 aliphatic heterocycles. The largest absolute Gasteiger partial charge is 0.507 e. The summed E-state index contributed by atoms with van der Waals surface area (Å²) in [6.45, 7) is 4.41. The van der Waals surface area contributed by atoms with Crippen molar-refractivity contribution in [2.45, 2.75) is 26.7 Å². The zero-order valence-corrected chi connectivity index (χ0v) is 11.7. The zero-order valence-electron chi connectivity index (χ0n) is 11.7. The van der Waals surface area contributed by atoms with Crippen LogP contribution < -0.4 is 5.32 Å². The number of carbonyl (C=O) groups excluding carboxylic acids is 1. The first-order valence-electron chi connectivity index (χ1n) is 6.64. The molecule has 1 heterocycles. The van der Waals surface area contributed by atoms with E-state index in [0.717, 1.165) is 29.7 Å². The number of phenols is 1. The first-order chi connectivity index (χ1) is 9.58. The maximum absolute atomic E-state index is 11.9. The fourth-order valence-corrected chi connectivity index (χ4v) is 2.04. The summed E-state index contributed by atoms with van der Waals surface area (Å²) in [7, 11) is 0. The number of aromatic hydroxyl groups is 1. The lowest BCUT2D eigenvalue weighted by molar-refractivity contribution is 0.0950. The molecule has 0 radical (unpaired) electrons. The van der Waals surface area contributed by atoms with Gasteiger partial charge in [-0.25, -0.2) is 0 Å². The van der Waals surface area contributed by atoms with E-state index in [1.165, 1.54) is 0 Å². The number of nitrogens with one attached hydrogen (secondary N) is 2. The maximum Gasteiger partial charge on any atom is 0.255 e. The standard InChI is InChI=1S/C15H19N3O2/c1-10-5-6-13(14(19)8-10)15(20)16-7-3-4-12-9-17-18-11(12)2/h5-6,8-9,19H,3-4,7H2,1-2H3,(H,16,20)(H,17,18). The molecule has 1 aromatic carbocycles. The van der Waals surface area contributed by atoms with Gasteiger partial charge >= 0.3 is 0 Å². The van der Waals surface area contributed by atoms with Crippen LogP contribution in [0.25, 0.3) is 0 Å². The molecule has 0 atom stereocenters. The molecular weight excluding hydrogens is 254 g/mol. The summed E-state index contributed by atoms with van der Waals surface area (Å²) >= 11 is 0. The molecule has 1 amide bonds. The molecule has 2 rings (SSSR count). The number of aromatic nitrogens is 2. The average Bonchev–Trinajstić information content (AvgIpc) is 2.80. The van der Waals surface area contributed by atoms with Crippen LogP contribution in [0.2, 0.25) is 0 Å². The van der Waals surface area contributed by atoms with E-state index in [1.807, 2.05) is 26.1 Å². The molecule has 0 aliphatic rings. The fraction of sp³-hybridized carbons (Fsp3) is 0.333. The molecule has 20 heavy (non-hydrogen) atoms. The van der Waals surface area contributed by atoms with Gasteiger partial charge in [-0.15, -0.1) is 0 Å². The smallest absolute Gasteiger partial charge is 0.255 e. The normalized spacial score (nSPS) is 10.5. The summed E-state index contributed by atoms with van der Waals surface area (Å²) in [5, 5.41) is 19.4. The van der Waals surface area contributed by atoms with Gasteiger partial charge < -0.3 is 10.4 Å². The molecule has 0 fully saturated rings. The van der Waals surface area contributed by atoms with Crippen molar-refractivity contribution in [2.24, 2.45) is 0 Å². The number of carbonyl (C=O) groups is 1. The Hall–Kier alpha value is -2.30. The van der Waals surface area contributed by atoms with E-state index >= 15 is 0 Å². The third-order valence-corrected chi connectivity index (χ3v) is 3.24. The molecule has 0 bridgehead atoms. The average molecular weight is 273 g/mol. The molecule has 0 aliphatic carbocycles. The topological polar surface area (TPSA) is 78.0 Å². The van der Waals surface area contributed by atoms with Gasteiger partial charge in [-0.05, 0) is 49.9 Å². The number of amides is 1. The highest BCUT2D eigenvalue weighted by Crippen LogP contribution is 2.18. The first-order valence-corrected chi connectivity index (χ1v) is 6.64. The van der Waals surface area contributed by atoms with Gasteiger partial charge in [-0.2, -0.15) is 5.10 Å². The molecule has 3 N–H and O–H groups in total. The number of rotatable bonds is 5. The lowest BCUT2D eigenvalue weighted by atomic mass is 10.1. The number of hydrogen-bond acceptors (Lipinski definition) is 3. The molecule has 2 aromatic rings. The Morgan fingerprint density at radius 1 is 1.40 bits per heavy atom. The van der Waals surface area contributed by atoms with Crippen LogP contribution in [-0.4, -0.2) is 27.8 Å². The van der Waals surface area contributed by atoms with Crippen LogP contribution in [0.15, 0.2) is 24.4 Å². The highest BCUT2D eigenvalue weighted by atomic mass is 16.3. The van der Waals surface area contributed by atoms with E-state index in [0.29, 0.717) is 12.1 Å². The number of benzene rings is 1. The van der Waals surface area contributed by atoms with Crippen molar-refractivity contribution < 1.29 is 9.90 Å². The van der Waals surface area contributed by atoms with Crippen molar-refractivity contribution in [3.63, 3.8) is 0 Å². The van der Waals surface area contributed by atoms with Crippen LogP contribution in [0.3, 0.4) is 0 Å². The van der Waals surface area contributed by atoms with Crippen molar-refractivity contribution >= 4 is 5.91 Å². The second-order valence-electron chi connectivity index (χ2n) is 4.90. The number of aromatic amines is 1. The Labute approximate surface area is 118 Å². The van der Waals surface area contributed by atoms with E-state index < -0.39 is 0 Å². The predicted octanol–water partition coefficient (Wildman–Crippen LogP) is 2.09. The first kappa shape index (κ1) is 14.1. The van der Waals surface area contributed by atoms with Crippen LogP contribution in [0, 0.1) is 13.8 Å². The van der Waals surface area contributed by atoms with Crippen molar-refractivity contribution in [1.29, 1.82) is 0 Å². The third-order valence-electron chi connectivity index (χ3n) is 3.24. The van der Waals surface area contributed by atoms with Crippen molar-refractivity contribution in [1.82, 2.24) is 15.5 Å². The highest BCUT2D eigenvalue weighted by molar-refractivity contribution is 5.96. The number of phenolic OH excluding ortho intramolecular Hbond substituents is 1.